The first-order chi connectivity index (χ1) is 6.65. The summed E-state index contributed by atoms with van der Waals surface area (Å²) >= 11 is 0. The minimum atomic E-state index is -0.826. The van der Waals surface area contributed by atoms with Gasteiger partial charge in [0.15, 0.2) is 0 Å². The molecule has 0 aliphatic heterocycles. The Kier molecular flexibility index (Phi) is 2.84. The molecule has 9 nitrogen and oxygen atoms in total. The zero-order valence-electron chi connectivity index (χ0n) is 7.10. The Labute approximate surface area is 77.5 Å². The number of nitrogen functional groups attached to an aromatic ring is 1. The zero-order valence-corrected chi connectivity index (χ0v) is 7.10. The van der Waals surface area contributed by atoms with Crippen LogP contribution in [0.2, 0.25) is 0 Å². The Balaban J connectivity index is 2.52. The second-order valence-corrected chi connectivity index (χ2v) is 2.07. The largest absolute Gasteiger partial charge is 0.452 e. The molecule has 0 aliphatic rings. The predicted molar refractivity (Wildman–Crippen MR) is 41.7 cm³/mol. The highest BCUT2D eigenvalue weighted by atomic mass is 16.6. The summed E-state index contributed by atoms with van der Waals surface area (Å²) in [5.74, 6) is -0.927. The molecule has 2 amide bonds. The molecule has 0 unspecified atom stereocenters. The van der Waals surface area contributed by atoms with E-state index in [-0.39, 0.29) is 11.5 Å². The molecule has 0 aliphatic carbocycles. The number of nitrogens with zero attached hydrogens (tertiary/aromatic N) is 2. The molecule has 1 aromatic rings. The van der Waals surface area contributed by atoms with Crippen molar-refractivity contribution in [2.45, 2.75) is 0 Å². The van der Waals surface area contributed by atoms with E-state index in [0.29, 0.717) is 0 Å². The van der Waals surface area contributed by atoms with Gasteiger partial charge in [-0.3, -0.25) is 10.2 Å². The highest BCUT2D eigenvalue weighted by molar-refractivity contribution is 5.96. The molecule has 9 heteroatoms. The lowest BCUT2D eigenvalue weighted by atomic mass is 10.4. The van der Waals surface area contributed by atoms with Crippen molar-refractivity contribution in [3.63, 3.8) is 0 Å². The molecule has 0 spiro atoms. The standard InChI is InChI=1S/C5H7N5O4/c1-13-5(12)8-7-4(11)2-3(6)10-14-9-2/h1H3,(H2,6,10)(H,7,11)(H,8,12). The summed E-state index contributed by atoms with van der Waals surface area (Å²) in [6.45, 7) is 0. The minimum absolute atomic E-state index is 0.172. The Bertz CT molecular complexity index is 348. The number of ether oxygens (including phenoxy) is 1. The van der Waals surface area contributed by atoms with Crippen LogP contribution in [0.5, 0.6) is 0 Å². The highest BCUT2D eigenvalue weighted by Crippen LogP contribution is 2.02. The second-order valence-electron chi connectivity index (χ2n) is 2.07. The fourth-order valence-electron chi connectivity index (χ4n) is 0.571. The SMILES string of the molecule is COC(=O)NNC(=O)c1nonc1N. The van der Waals surface area contributed by atoms with Crippen molar-refractivity contribution >= 4 is 17.8 Å². The van der Waals surface area contributed by atoms with E-state index < -0.39 is 12.0 Å². The van der Waals surface area contributed by atoms with E-state index in [1.54, 1.807) is 0 Å². The summed E-state index contributed by atoms with van der Waals surface area (Å²) in [5.41, 5.74) is 8.88. The first-order valence-corrected chi connectivity index (χ1v) is 3.37. The molecule has 1 rings (SSSR count). The van der Waals surface area contributed by atoms with Gasteiger partial charge >= 0.3 is 6.09 Å². The molecular formula is C5H7N5O4. The van der Waals surface area contributed by atoms with E-state index >= 15 is 0 Å². The van der Waals surface area contributed by atoms with Crippen molar-refractivity contribution in [3.8, 4) is 0 Å². The van der Waals surface area contributed by atoms with E-state index in [2.05, 4.69) is 19.7 Å². The van der Waals surface area contributed by atoms with Crippen LogP contribution in [0.1, 0.15) is 10.5 Å². The first-order valence-electron chi connectivity index (χ1n) is 3.37. The minimum Gasteiger partial charge on any atom is -0.452 e. The Morgan fingerprint density at radius 2 is 2.14 bits per heavy atom. The molecule has 0 aromatic carbocycles. The number of amides is 2. The molecule has 0 atom stereocenters. The van der Waals surface area contributed by atoms with E-state index in [1.807, 2.05) is 10.9 Å². The third kappa shape index (κ3) is 2.09. The normalized spacial score (nSPS) is 9.21. The van der Waals surface area contributed by atoms with Crippen LogP contribution in [-0.4, -0.2) is 29.4 Å². The van der Waals surface area contributed by atoms with E-state index in [0.717, 1.165) is 7.11 Å². The number of nitrogens with two attached hydrogens (primary N) is 1. The van der Waals surface area contributed by atoms with Gasteiger partial charge in [0, 0.05) is 0 Å². The first kappa shape index (κ1) is 9.77. The number of carbonyl (C=O) groups excluding carboxylic acids is 2. The maximum Gasteiger partial charge on any atom is 0.425 e. The van der Waals surface area contributed by atoms with Gasteiger partial charge < -0.3 is 10.5 Å². The van der Waals surface area contributed by atoms with Crippen molar-refractivity contribution in [1.29, 1.82) is 0 Å². The third-order valence-electron chi connectivity index (χ3n) is 1.19. The van der Waals surface area contributed by atoms with Crippen molar-refractivity contribution in [2.75, 3.05) is 12.8 Å². The predicted octanol–water partition coefficient (Wildman–Crippen LogP) is -1.35. The zero-order chi connectivity index (χ0) is 10.6. The third-order valence-corrected chi connectivity index (χ3v) is 1.19. The van der Waals surface area contributed by atoms with Crippen LogP contribution in [0.15, 0.2) is 4.63 Å². The monoisotopic (exact) mass is 201 g/mol. The van der Waals surface area contributed by atoms with Crippen LogP contribution in [0, 0.1) is 0 Å². The van der Waals surface area contributed by atoms with Crippen molar-refractivity contribution in [3.05, 3.63) is 5.69 Å². The van der Waals surface area contributed by atoms with E-state index in [4.69, 9.17) is 5.73 Å². The fourth-order valence-corrected chi connectivity index (χ4v) is 0.571. The van der Waals surface area contributed by atoms with Crippen LogP contribution in [0.3, 0.4) is 0 Å². The number of aromatic nitrogens is 2. The summed E-state index contributed by atoms with van der Waals surface area (Å²) in [6.07, 6.45) is -0.826. The van der Waals surface area contributed by atoms with Gasteiger partial charge in [-0.05, 0) is 10.3 Å². The maximum atomic E-state index is 11.1. The number of methoxy groups -OCH3 is 1. The van der Waals surface area contributed by atoms with Crippen molar-refractivity contribution < 1.29 is 19.0 Å². The molecule has 1 aromatic heterocycles. The summed E-state index contributed by atoms with van der Waals surface area (Å²) in [4.78, 5) is 21.7. The highest BCUT2D eigenvalue weighted by Gasteiger charge is 2.16. The fraction of sp³-hybridized carbons (Fsp3) is 0.200. The number of anilines is 1. The van der Waals surface area contributed by atoms with Crippen LogP contribution >= 0.6 is 0 Å². The molecule has 0 saturated heterocycles. The van der Waals surface area contributed by atoms with Gasteiger partial charge in [0.25, 0.3) is 5.91 Å². The summed E-state index contributed by atoms with van der Waals surface area (Å²) < 4.78 is 8.36. The second kappa shape index (κ2) is 4.07. The molecule has 76 valence electrons. The van der Waals surface area contributed by atoms with Gasteiger partial charge in [0.1, 0.15) is 0 Å². The number of carbonyl (C=O) groups is 2. The number of hydrogen-bond acceptors (Lipinski definition) is 7. The summed E-state index contributed by atoms with van der Waals surface area (Å²) in [6, 6.07) is 0. The van der Waals surface area contributed by atoms with E-state index in [9.17, 15) is 9.59 Å². The Hall–Kier alpha value is -2.32. The van der Waals surface area contributed by atoms with Crippen molar-refractivity contribution in [2.24, 2.45) is 0 Å². The lowest BCUT2D eigenvalue weighted by molar-refractivity contribution is 0.0911. The average Bonchev–Trinajstić information content (AvgIpc) is 2.60. The smallest absolute Gasteiger partial charge is 0.425 e. The van der Waals surface area contributed by atoms with Crippen molar-refractivity contribution in [1.82, 2.24) is 21.2 Å². The van der Waals surface area contributed by atoms with Crippen LogP contribution in [0.4, 0.5) is 10.6 Å². The molecule has 0 bridgehead atoms. The number of nitrogens with one attached hydrogen (secondary N) is 2. The van der Waals surface area contributed by atoms with Gasteiger partial charge in [0.05, 0.1) is 7.11 Å². The summed E-state index contributed by atoms with van der Waals surface area (Å²) in [5, 5.41) is 6.38. The van der Waals surface area contributed by atoms with Gasteiger partial charge in [0.2, 0.25) is 11.5 Å². The molecule has 14 heavy (non-hydrogen) atoms. The molecule has 0 saturated carbocycles. The summed E-state index contributed by atoms with van der Waals surface area (Å²) in [7, 11) is 1.15. The number of rotatable bonds is 1. The lowest BCUT2D eigenvalue weighted by Gasteiger charge is -2.02. The molecule has 0 radical (unpaired) electrons. The van der Waals surface area contributed by atoms with Crippen LogP contribution in [0.25, 0.3) is 0 Å². The Morgan fingerprint density at radius 1 is 1.43 bits per heavy atom. The van der Waals surface area contributed by atoms with Gasteiger partial charge in [-0.25, -0.2) is 14.8 Å². The average molecular weight is 201 g/mol. The van der Waals surface area contributed by atoms with Gasteiger partial charge in [-0.15, -0.1) is 0 Å². The van der Waals surface area contributed by atoms with Crippen LogP contribution < -0.4 is 16.6 Å². The number of hydrogen-bond donors (Lipinski definition) is 3. The molecule has 4 N–H and O–H groups in total. The molecule has 1 heterocycles. The maximum absolute atomic E-state index is 11.1. The number of hydrazine groups is 1. The molecular weight excluding hydrogens is 194 g/mol. The van der Waals surface area contributed by atoms with Gasteiger partial charge in [-0.2, -0.15) is 0 Å². The topological polar surface area (TPSA) is 132 Å². The lowest BCUT2D eigenvalue weighted by Crippen LogP contribution is -2.41. The Morgan fingerprint density at radius 3 is 2.64 bits per heavy atom. The van der Waals surface area contributed by atoms with Gasteiger partial charge in [-0.1, -0.05) is 0 Å². The van der Waals surface area contributed by atoms with Crippen LogP contribution in [-0.2, 0) is 4.74 Å². The van der Waals surface area contributed by atoms with E-state index in [1.165, 1.54) is 0 Å². The quantitative estimate of drug-likeness (QED) is 0.478. The molecule has 0 fully saturated rings.